The standard InChI is InChI=1S/C23H20N2O4S/c1-17(26)20-8-5-9-22(16-20)24-23(27)19-10-12-21(13-11-19)25-30(28,29)15-14-18-6-3-2-4-7-18/h2-16,25H,1H3,(H,24,27)/b15-14+. The first-order valence-corrected chi connectivity index (χ1v) is 10.7. The molecule has 1 amide bonds. The lowest BCUT2D eigenvalue weighted by Crippen LogP contribution is -2.13. The van der Waals surface area contributed by atoms with E-state index in [4.69, 9.17) is 0 Å². The molecule has 0 aliphatic rings. The van der Waals surface area contributed by atoms with Gasteiger partial charge in [-0.2, -0.15) is 0 Å². The number of carbonyl (C=O) groups is 2. The van der Waals surface area contributed by atoms with Crippen molar-refractivity contribution >= 4 is 39.2 Å². The molecule has 3 rings (SSSR count). The summed E-state index contributed by atoms with van der Waals surface area (Å²) in [5, 5.41) is 3.81. The van der Waals surface area contributed by atoms with Crippen LogP contribution in [0, 0.1) is 0 Å². The Kier molecular flexibility index (Phi) is 6.44. The Labute approximate surface area is 175 Å². The van der Waals surface area contributed by atoms with Crippen LogP contribution < -0.4 is 10.0 Å². The molecule has 7 heteroatoms. The average Bonchev–Trinajstić information content (AvgIpc) is 2.73. The number of ketones is 1. The number of nitrogens with one attached hydrogen (secondary N) is 2. The molecule has 0 atom stereocenters. The maximum Gasteiger partial charge on any atom is 0.255 e. The first kappa shape index (κ1) is 21.0. The summed E-state index contributed by atoms with van der Waals surface area (Å²) in [5.74, 6) is -0.460. The summed E-state index contributed by atoms with van der Waals surface area (Å²) in [6.45, 7) is 1.45. The lowest BCUT2D eigenvalue weighted by molar-refractivity contribution is 0.101. The number of hydrogen-bond acceptors (Lipinski definition) is 4. The highest BCUT2D eigenvalue weighted by Gasteiger charge is 2.10. The fourth-order valence-electron chi connectivity index (χ4n) is 2.64. The van der Waals surface area contributed by atoms with E-state index >= 15 is 0 Å². The van der Waals surface area contributed by atoms with Crippen molar-refractivity contribution in [2.45, 2.75) is 6.92 Å². The molecule has 0 saturated carbocycles. The van der Waals surface area contributed by atoms with E-state index in [1.807, 2.05) is 18.2 Å². The van der Waals surface area contributed by atoms with Gasteiger partial charge in [0.25, 0.3) is 15.9 Å². The first-order chi connectivity index (χ1) is 14.3. The molecule has 0 heterocycles. The number of amides is 1. The summed E-state index contributed by atoms with van der Waals surface area (Å²) in [6.07, 6.45) is 1.50. The zero-order valence-corrected chi connectivity index (χ0v) is 17.0. The van der Waals surface area contributed by atoms with Crippen LogP contribution in [0.3, 0.4) is 0 Å². The number of anilines is 2. The van der Waals surface area contributed by atoms with Crippen molar-refractivity contribution < 1.29 is 18.0 Å². The minimum atomic E-state index is -3.69. The van der Waals surface area contributed by atoms with Crippen LogP contribution in [0.15, 0.2) is 84.3 Å². The number of sulfonamides is 1. The Morgan fingerprint density at radius 2 is 1.50 bits per heavy atom. The highest BCUT2D eigenvalue weighted by atomic mass is 32.2. The van der Waals surface area contributed by atoms with Gasteiger partial charge in [0.05, 0.1) is 5.41 Å². The average molecular weight is 420 g/mol. The van der Waals surface area contributed by atoms with Crippen molar-refractivity contribution in [3.63, 3.8) is 0 Å². The van der Waals surface area contributed by atoms with Crippen molar-refractivity contribution in [1.29, 1.82) is 0 Å². The van der Waals surface area contributed by atoms with Crippen LogP contribution in [0.1, 0.15) is 33.2 Å². The van der Waals surface area contributed by atoms with Crippen molar-refractivity contribution in [2.24, 2.45) is 0 Å². The molecule has 0 fully saturated rings. The van der Waals surface area contributed by atoms with Crippen molar-refractivity contribution in [1.82, 2.24) is 0 Å². The molecule has 0 saturated heterocycles. The van der Waals surface area contributed by atoms with Gasteiger partial charge in [0.2, 0.25) is 0 Å². The van der Waals surface area contributed by atoms with Gasteiger partial charge in [-0.25, -0.2) is 8.42 Å². The van der Waals surface area contributed by atoms with E-state index in [-0.39, 0.29) is 11.7 Å². The molecule has 3 aromatic carbocycles. The number of rotatable bonds is 7. The summed E-state index contributed by atoms with van der Waals surface area (Å²) in [5.41, 5.74) is 2.46. The van der Waals surface area contributed by atoms with E-state index in [0.717, 1.165) is 11.0 Å². The minimum absolute atomic E-state index is 0.0935. The predicted molar refractivity (Wildman–Crippen MR) is 119 cm³/mol. The Hall–Kier alpha value is -3.71. The van der Waals surface area contributed by atoms with Gasteiger partial charge in [-0.3, -0.25) is 14.3 Å². The number of benzene rings is 3. The fraction of sp³-hybridized carbons (Fsp3) is 0.0435. The molecule has 0 unspecified atom stereocenters. The molecule has 152 valence electrons. The normalized spacial score (nSPS) is 11.2. The third-order valence-electron chi connectivity index (χ3n) is 4.17. The predicted octanol–water partition coefficient (Wildman–Crippen LogP) is 4.55. The minimum Gasteiger partial charge on any atom is -0.322 e. The second kappa shape index (κ2) is 9.19. The van der Waals surface area contributed by atoms with Crippen LogP contribution in [0.4, 0.5) is 11.4 Å². The molecule has 0 aliphatic heterocycles. The van der Waals surface area contributed by atoms with Crippen molar-refractivity contribution in [2.75, 3.05) is 10.0 Å². The molecule has 0 radical (unpaired) electrons. The van der Waals surface area contributed by atoms with Gasteiger partial charge in [-0.15, -0.1) is 0 Å². The topological polar surface area (TPSA) is 92.3 Å². The van der Waals surface area contributed by atoms with Gasteiger partial charge in [-0.05, 0) is 55.0 Å². The van der Waals surface area contributed by atoms with Crippen LogP contribution in [-0.2, 0) is 10.0 Å². The Morgan fingerprint density at radius 3 is 2.17 bits per heavy atom. The zero-order valence-electron chi connectivity index (χ0n) is 16.2. The van der Waals surface area contributed by atoms with Gasteiger partial charge < -0.3 is 5.32 Å². The molecule has 6 nitrogen and oxygen atoms in total. The maximum atomic E-state index is 12.4. The Balaban J connectivity index is 1.65. The largest absolute Gasteiger partial charge is 0.322 e. The van der Waals surface area contributed by atoms with Crippen LogP contribution >= 0.6 is 0 Å². The quantitative estimate of drug-likeness (QED) is 0.548. The van der Waals surface area contributed by atoms with Gasteiger partial charge in [0, 0.05) is 22.5 Å². The zero-order chi connectivity index (χ0) is 21.6. The highest BCUT2D eigenvalue weighted by Crippen LogP contribution is 2.16. The molecule has 0 aliphatic carbocycles. The third kappa shape index (κ3) is 5.89. The fourth-order valence-corrected chi connectivity index (χ4v) is 3.51. The van der Waals surface area contributed by atoms with Crippen molar-refractivity contribution in [3.05, 3.63) is 101 Å². The molecule has 2 N–H and O–H groups in total. The van der Waals surface area contributed by atoms with Crippen LogP contribution in [-0.4, -0.2) is 20.1 Å². The number of carbonyl (C=O) groups excluding carboxylic acids is 2. The molecular weight excluding hydrogens is 400 g/mol. The Bertz CT molecular complexity index is 1190. The van der Waals surface area contributed by atoms with Crippen LogP contribution in [0.2, 0.25) is 0 Å². The second-order valence-electron chi connectivity index (χ2n) is 6.53. The lowest BCUT2D eigenvalue weighted by Gasteiger charge is -2.08. The summed E-state index contributed by atoms with van der Waals surface area (Å²) in [6, 6.07) is 21.8. The molecule has 0 bridgehead atoms. The van der Waals surface area contributed by atoms with E-state index in [2.05, 4.69) is 10.0 Å². The van der Waals surface area contributed by atoms with E-state index in [1.165, 1.54) is 37.3 Å². The summed E-state index contributed by atoms with van der Waals surface area (Å²) < 4.78 is 26.9. The van der Waals surface area contributed by atoms with Gasteiger partial charge in [-0.1, -0.05) is 42.5 Å². The lowest BCUT2D eigenvalue weighted by atomic mass is 10.1. The molecule has 0 aromatic heterocycles. The first-order valence-electron chi connectivity index (χ1n) is 9.11. The molecular formula is C23H20N2O4S. The summed E-state index contributed by atoms with van der Waals surface area (Å²) in [4.78, 5) is 23.9. The SMILES string of the molecule is CC(=O)c1cccc(NC(=O)c2ccc(NS(=O)(=O)/C=C/c3ccccc3)cc2)c1. The van der Waals surface area contributed by atoms with Gasteiger partial charge >= 0.3 is 0 Å². The molecule has 3 aromatic rings. The number of Topliss-reactive ketones (excluding diaryl/α,β-unsaturated/α-hetero) is 1. The van der Waals surface area contributed by atoms with E-state index < -0.39 is 10.0 Å². The molecule has 30 heavy (non-hydrogen) atoms. The molecule has 0 spiro atoms. The van der Waals surface area contributed by atoms with E-state index in [0.29, 0.717) is 22.5 Å². The smallest absolute Gasteiger partial charge is 0.255 e. The number of hydrogen-bond donors (Lipinski definition) is 2. The van der Waals surface area contributed by atoms with Crippen molar-refractivity contribution in [3.8, 4) is 0 Å². The highest BCUT2D eigenvalue weighted by molar-refractivity contribution is 7.95. The van der Waals surface area contributed by atoms with Gasteiger partial charge in [0.1, 0.15) is 0 Å². The monoisotopic (exact) mass is 420 g/mol. The van der Waals surface area contributed by atoms with E-state index in [9.17, 15) is 18.0 Å². The third-order valence-corrected chi connectivity index (χ3v) is 5.19. The van der Waals surface area contributed by atoms with Gasteiger partial charge in [0.15, 0.2) is 5.78 Å². The summed E-state index contributed by atoms with van der Waals surface area (Å²) >= 11 is 0. The summed E-state index contributed by atoms with van der Waals surface area (Å²) in [7, 11) is -3.69. The van der Waals surface area contributed by atoms with Crippen LogP contribution in [0.25, 0.3) is 6.08 Å². The maximum absolute atomic E-state index is 12.4. The van der Waals surface area contributed by atoms with Crippen LogP contribution in [0.5, 0.6) is 0 Å². The second-order valence-corrected chi connectivity index (χ2v) is 8.10. The Morgan fingerprint density at radius 1 is 0.800 bits per heavy atom. The van der Waals surface area contributed by atoms with E-state index in [1.54, 1.807) is 36.4 Å².